The molecule has 6 nitrogen and oxygen atoms in total. The first-order valence-corrected chi connectivity index (χ1v) is 5.83. The quantitative estimate of drug-likeness (QED) is 0.784. The van der Waals surface area contributed by atoms with E-state index in [0.29, 0.717) is 5.02 Å². The van der Waals surface area contributed by atoms with Gasteiger partial charge in [-0.25, -0.2) is 4.79 Å². The van der Waals surface area contributed by atoms with Crippen LogP contribution in [-0.4, -0.2) is 30.9 Å². The summed E-state index contributed by atoms with van der Waals surface area (Å²) in [5.74, 6) is -2.13. The van der Waals surface area contributed by atoms with Crippen LogP contribution >= 0.6 is 23.2 Å². The van der Waals surface area contributed by atoms with Gasteiger partial charge in [-0.2, -0.15) is 0 Å². The summed E-state index contributed by atoms with van der Waals surface area (Å²) in [7, 11) is 0. The van der Waals surface area contributed by atoms with Gasteiger partial charge in [0.2, 0.25) is 5.91 Å². The minimum Gasteiger partial charge on any atom is -0.452 e. The largest absolute Gasteiger partial charge is 0.452 e. The number of hydrogen-bond acceptors (Lipinski definition) is 4. The van der Waals surface area contributed by atoms with E-state index in [9.17, 15) is 14.4 Å². The molecule has 0 radical (unpaired) electrons. The van der Waals surface area contributed by atoms with E-state index in [1.54, 1.807) is 0 Å². The van der Waals surface area contributed by atoms with Crippen LogP contribution < -0.4 is 11.1 Å². The molecule has 0 aliphatic heterocycles. The van der Waals surface area contributed by atoms with Crippen LogP contribution in [0.25, 0.3) is 0 Å². The van der Waals surface area contributed by atoms with Gasteiger partial charge in [0.1, 0.15) is 0 Å². The minimum absolute atomic E-state index is 0.0527. The molecule has 0 atom stereocenters. The number of rotatable bonds is 5. The van der Waals surface area contributed by atoms with E-state index in [2.05, 4.69) is 5.32 Å². The highest BCUT2D eigenvalue weighted by Crippen LogP contribution is 2.21. The first-order chi connectivity index (χ1) is 8.90. The molecule has 0 saturated heterocycles. The molecular formula is C11H10Cl2N2O4. The third-order valence-corrected chi connectivity index (χ3v) is 2.51. The number of benzene rings is 1. The van der Waals surface area contributed by atoms with E-state index in [1.807, 2.05) is 0 Å². The summed E-state index contributed by atoms with van der Waals surface area (Å²) in [6.45, 7) is -0.872. The number of amides is 2. The van der Waals surface area contributed by atoms with Gasteiger partial charge in [0.05, 0.1) is 17.1 Å². The standard InChI is InChI=1S/C11H10Cl2N2O4/c12-6-1-2-8(13)7(3-6)11(18)19-5-10(17)15-4-9(14)16/h1-3H,4-5H2,(H2,14,16)(H,15,17). The number of nitrogens with one attached hydrogen (secondary N) is 1. The Morgan fingerprint density at radius 1 is 1.26 bits per heavy atom. The molecule has 2 amide bonds. The van der Waals surface area contributed by atoms with Crippen LogP contribution in [0.5, 0.6) is 0 Å². The SMILES string of the molecule is NC(=O)CNC(=O)COC(=O)c1cc(Cl)ccc1Cl. The van der Waals surface area contributed by atoms with Gasteiger partial charge in [0.25, 0.3) is 5.91 Å². The summed E-state index contributed by atoms with van der Waals surface area (Å²) in [4.78, 5) is 33.2. The molecule has 0 heterocycles. The van der Waals surface area contributed by atoms with Crippen LogP contribution in [0.1, 0.15) is 10.4 Å². The van der Waals surface area contributed by atoms with Crippen molar-refractivity contribution in [1.29, 1.82) is 0 Å². The summed E-state index contributed by atoms with van der Waals surface area (Å²) >= 11 is 11.5. The lowest BCUT2D eigenvalue weighted by Crippen LogP contribution is -2.36. The van der Waals surface area contributed by atoms with Crippen molar-refractivity contribution in [1.82, 2.24) is 5.32 Å². The van der Waals surface area contributed by atoms with E-state index >= 15 is 0 Å². The lowest BCUT2D eigenvalue weighted by molar-refractivity contribution is -0.127. The predicted molar refractivity (Wildman–Crippen MR) is 68.9 cm³/mol. The maximum Gasteiger partial charge on any atom is 0.340 e. The topological polar surface area (TPSA) is 98.5 Å². The number of esters is 1. The molecule has 3 N–H and O–H groups in total. The monoisotopic (exact) mass is 304 g/mol. The highest BCUT2D eigenvalue weighted by molar-refractivity contribution is 6.35. The van der Waals surface area contributed by atoms with Crippen LogP contribution in [0.3, 0.4) is 0 Å². The molecule has 102 valence electrons. The minimum atomic E-state index is -0.790. The van der Waals surface area contributed by atoms with Crippen LogP contribution in [0.15, 0.2) is 18.2 Å². The molecule has 0 unspecified atom stereocenters. The zero-order valence-electron chi connectivity index (χ0n) is 9.61. The lowest BCUT2D eigenvalue weighted by atomic mass is 10.2. The molecule has 8 heteroatoms. The average molecular weight is 305 g/mol. The normalized spacial score (nSPS) is 9.79. The summed E-state index contributed by atoms with van der Waals surface area (Å²) in [5.41, 5.74) is 4.88. The molecule has 1 rings (SSSR count). The first kappa shape index (κ1) is 15.3. The van der Waals surface area contributed by atoms with Crippen LogP contribution in [0, 0.1) is 0 Å². The van der Waals surface area contributed by atoms with Gasteiger partial charge in [-0.05, 0) is 18.2 Å². The number of carbonyl (C=O) groups is 3. The maximum atomic E-state index is 11.6. The van der Waals surface area contributed by atoms with Gasteiger partial charge in [-0.1, -0.05) is 23.2 Å². The number of hydrogen-bond donors (Lipinski definition) is 2. The molecule has 0 spiro atoms. The zero-order valence-corrected chi connectivity index (χ0v) is 11.1. The summed E-state index contributed by atoms with van der Waals surface area (Å²) in [5, 5.41) is 2.64. The van der Waals surface area contributed by atoms with E-state index in [1.165, 1.54) is 18.2 Å². The summed E-state index contributed by atoms with van der Waals surface area (Å²) in [6.07, 6.45) is 0. The summed E-state index contributed by atoms with van der Waals surface area (Å²) in [6, 6.07) is 4.28. The van der Waals surface area contributed by atoms with Gasteiger partial charge >= 0.3 is 5.97 Å². The molecule has 0 bridgehead atoms. The van der Waals surface area contributed by atoms with E-state index in [0.717, 1.165) is 0 Å². The Labute approximate surface area is 118 Å². The van der Waals surface area contributed by atoms with Crippen molar-refractivity contribution in [3.8, 4) is 0 Å². The van der Waals surface area contributed by atoms with Crippen molar-refractivity contribution >= 4 is 41.0 Å². The molecular weight excluding hydrogens is 295 g/mol. The Bertz CT molecular complexity index is 519. The highest BCUT2D eigenvalue weighted by atomic mass is 35.5. The van der Waals surface area contributed by atoms with E-state index in [-0.39, 0.29) is 17.1 Å². The van der Waals surface area contributed by atoms with Crippen molar-refractivity contribution in [2.24, 2.45) is 5.73 Å². The van der Waals surface area contributed by atoms with Crippen LogP contribution in [0.4, 0.5) is 0 Å². The number of carbonyl (C=O) groups excluding carboxylic acids is 3. The van der Waals surface area contributed by atoms with Crippen molar-refractivity contribution in [3.63, 3.8) is 0 Å². The first-order valence-electron chi connectivity index (χ1n) is 5.07. The highest BCUT2D eigenvalue weighted by Gasteiger charge is 2.14. The maximum absolute atomic E-state index is 11.6. The van der Waals surface area contributed by atoms with E-state index in [4.69, 9.17) is 33.7 Å². The van der Waals surface area contributed by atoms with Crippen LogP contribution in [0.2, 0.25) is 10.0 Å². The number of primary amides is 1. The van der Waals surface area contributed by atoms with Crippen molar-refractivity contribution < 1.29 is 19.1 Å². The molecule has 1 aromatic rings. The predicted octanol–water partition coefficient (Wildman–Crippen LogP) is 0.752. The number of halogens is 2. The number of nitrogens with two attached hydrogens (primary N) is 1. The van der Waals surface area contributed by atoms with Crippen LogP contribution in [-0.2, 0) is 14.3 Å². The second-order valence-corrected chi connectivity index (χ2v) is 4.29. The molecule has 19 heavy (non-hydrogen) atoms. The third-order valence-electron chi connectivity index (χ3n) is 1.94. The Kier molecular flexibility index (Phi) is 5.59. The molecule has 0 aliphatic rings. The molecule has 1 aromatic carbocycles. The van der Waals surface area contributed by atoms with Gasteiger partial charge < -0.3 is 15.8 Å². The third kappa shape index (κ3) is 5.15. The van der Waals surface area contributed by atoms with Gasteiger partial charge in [-0.3, -0.25) is 9.59 Å². The average Bonchev–Trinajstić information content (AvgIpc) is 2.36. The molecule has 0 saturated carbocycles. The fourth-order valence-electron chi connectivity index (χ4n) is 1.10. The van der Waals surface area contributed by atoms with Crippen molar-refractivity contribution in [2.75, 3.05) is 13.2 Å². The van der Waals surface area contributed by atoms with E-state index < -0.39 is 24.4 Å². The Morgan fingerprint density at radius 2 is 1.95 bits per heavy atom. The molecule has 0 fully saturated rings. The molecule has 0 aliphatic carbocycles. The second kappa shape index (κ2) is 6.96. The van der Waals surface area contributed by atoms with Crippen molar-refractivity contribution in [2.45, 2.75) is 0 Å². The molecule has 0 aromatic heterocycles. The Hall–Kier alpha value is -1.79. The fourth-order valence-corrected chi connectivity index (χ4v) is 1.47. The second-order valence-electron chi connectivity index (χ2n) is 3.44. The fraction of sp³-hybridized carbons (Fsp3) is 0.182. The van der Waals surface area contributed by atoms with Gasteiger partial charge in [0.15, 0.2) is 6.61 Å². The Morgan fingerprint density at radius 3 is 2.58 bits per heavy atom. The van der Waals surface area contributed by atoms with Gasteiger partial charge in [-0.15, -0.1) is 0 Å². The smallest absolute Gasteiger partial charge is 0.340 e. The lowest BCUT2D eigenvalue weighted by Gasteiger charge is -2.06. The Balaban J connectivity index is 2.53. The summed E-state index contributed by atoms with van der Waals surface area (Å²) < 4.78 is 4.71. The zero-order chi connectivity index (χ0) is 14.4. The number of ether oxygens (including phenoxy) is 1. The van der Waals surface area contributed by atoms with Crippen molar-refractivity contribution in [3.05, 3.63) is 33.8 Å². The van der Waals surface area contributed by atoms with Gasteiger partial charge in [0, 0.05) is 5.02 Å².